The van der Waals surface area contributed by atoms with Crippen LogP contribution in [0.5, 0.6) is 0 Å². The average molecular weight is 204 g/mol. The summed E-state index contributed by atoms with van der Waals surface area (Å²) < 4.78 is -0.0250. The van der Waals surface area contributed by atoms with Crippen LogP contribution < -0.4 is 10.9 Å². The van der Waals surface area contributed by atoms with Crippen LogP contribution in [-0.2, 0) is 4.79 Å². The van der Waals surface area contributed by atoms with Crippen molar-refractivity contribution in [2.24, 2.45) is 5.84 Å². The molecule has 0 aliphatic carbocycles. The second-order valence-corrected chi connectivity index (χ2v) is 3.80. The molecule has 1 unspecified atom stereocenters. The number of carbonyl (C=O) groups excluding carboxylic acids is 1. The average Bonchev–Trinajstić information content (AvgIpc) is 2.37. The van der Waals surface area contributed by atoms with Gasteiger partial charge in [-0.3, -0.25) is 4.79 Å². The van der Waals surface area contributed by atoms with E-state index < -0.39 is 0 Å². The molecule has 78 valence electrons. The van der Waals surface area contributed by atoms with Crippen LogP contribution in [0.2, 0.25) is 0 Å². The summed E-state index contributed by atoms with van der Waals surface area (Å²) in [5.74, 6) is 5.98. The second kappa shape index (κ2) is 3.18. The summed E-state index contributed by atoms with van der Waals surface area (Å²) in [6.45, 7) is 1.85. The number of rotatable bonds is 1. The fourth-order valence-corrected chi connectivity index (χ4v) is 1.67. The van der Waals surface area contributed by atoms with Gasteiger partial charge in [0.05, 0.1) is 6.08 Å². The Labute approximate surface area is 88.7 Å². The Morgan fingerprint density at radius 1 is 1.27 bits per heavy atom. The molecular weight excluding hydrogens is 190 g/mol. The Bertz CT molecular complexity index is 423. The summed E-state index contributed by atoms with van der Waals surface area (Å²) in [7, 11) is 1.78. The molecule has 0 saturated heterocycles. The molecule has 0 saturated carbocycles. The fraction of sp³-hybridized carbons (Fsp3) is 0.182. The summed E-state index contributed by atoms with van der Waals surface area (Å²) in [6, 6.07) is 9.42. The SMILES string of the molecule is CC1=CC(=O)N(c2ccccc2)[N+]1(C)N. The molecule has 2 rings (SSSR count). The van der Waals surface area contributed by atoms with Crippen LogP contribution in [0.15, 0.2) is 42.1 Å². The minimum absolute atomic E-state index is 0.0250. The van der Waals surface area contributed by atoms with Crippen molar-refractivity contribution < 1.29 is 9.50 Å². The molecule has 1 atom stereocenters. The summed E-state index contributed by atoms with van der Waals surface area (Å²) in [5.41, 5.74) is 1.63. The molecule has 1 aromatic carbocycles. The highest BCUT2D eigenvalue weighted by Gasteiger charge is 2.41. The molecule has 0 radical (unpaired) electrons. The third-order valence-electron chi connectivity index (χ3n) is 2.67. The van der Waals surface area contributed by atoms with Crippen molar-refractivity contribution in [3.63, 3.8) is 0 Å². The number of hydrogen-bond donors (Lipinski definition) is 1. The second-order valence-electron chi connectivity index (χ2n) is 3.80. The van der Waals surface area contributed by atoms with Crippen molar-refractivity contribution in [1.82, 2.24) is 0 Å². The molecule has 2 N–H and O–H groups in total. The molecule has 4 heteroatoms. The van der Waals surface area contributed by atoms with E-state index >= 15 is 0 Å². The van der Waals surface area contributed by atoms with Gasteiger partial charge in [-0.25, -0.2) is 0 Å². The lowest BCUT2D eigenvalue weighted by Gasteiger charge is -2.32. The summed E-state index contributed by atoms with van der Waals surface area (Å²) in [4.78, 5) is 11.8. The predicted molar refractivity (Wildman–Crippen MR) is 58.1 cm³/mol. The van der Waals surface area contributed by atoms with E-state index in [1.54, 1.807) is 18.1 Å². The van der Waals surface area contributed by atoms with Crippen LogP contribution in [0.4, 0.5) is 5.69 Å². The van der Waals surface area contributed by atoms with Gasteiger partial charge in [-0.15, -0.1) is 9.71 Å². The molecule has 4 nitrogen and oxygen atoms in total. The Balaban J connectivity index is 2.45. The quantitative estimate of drug-likeness (QED) is 0.551. The Kier molecular flexibility index (Phi) is 2.10. The van der Waals surface area contributed by atoms with Crippen molar-refractivity contribution in [2.45, 2.75) is 6.92 Å². The van der Waals surface area contributed by atoms with E-state index in [0.29, 0.717) is 0 Å². The number of benzene rings is 1. The van der Waals surface area contributed by atoms with Crippen LogP contribution in [-0.4, -0.2) is 17.7 Å². The zero-order valence-corrected chi connectivity index (χ0v) is 8.84. The first kappa shape index (κ1) is 9.89. The molecule has 0 fully saturated rings. The molecule has 1 aliphatic heterocycles. The molecule has 1 aromatic rings. The summed E-state index contributed by atoms with van der Waals surface area (Å²) in [6.07, 6.45) is 1.56. The summed E-state index contributed by atoms with van der Waals surface area (Å²) >= 11 is 0. The lowest BCUT2D eigenvalue weighted by Crippen LogP contribution is -2.59. The molecule has 1 amide bonds. The first-order valence-electron chi connectivity index (χ1n) is 4.77. The number of amides is 1. The summed E-state index contributed by atoms with van der Waals surface area (Å²) in [5, 5.41) is 1.55. The highest BCUT2D eigenvalue weighted by Crippen LogP contribution is 2.27. The number of hydrogen-bond acceptors (Lipinski definition) is 2. The Morgan fingerprint density at radius 3 is 2.33 bits per heavy atom. The van der Waals surface area contributed by atoms with Gasteiger partial charge in [0.2, 0.25) is 0 Å². The van der Waals surface area contributed by atoms with Gasteiger partial charge in [0, 0.05) is 6.92 Å². The largest absolute Gasteiger partial charge is 0.304 e. The number of para-hydroxylation sites is 1. The molecule has 0 aromatic heterocycles. The van der Waals surface area contributed by atoms with Gasteiger partial charge in [0.1, 0.15) is 12.7 Å². The Hall–Kier alpha value is -1.65. The lowest BCUT2D eigenvalue weighted by molar-refractivity contribution is -0.882. The highest BCUT2D eigenvalue weighted by atomic mass is 16.2. The van der Waals surface area contributed by atoms with Gasteiger partial charge in [-0.2, -0.15) is 5.84 Å². The third-order valence-corrected chi connectivity index (χ3v) is 2.67. The van der Waals surface area contributed by atoms with Gasteiger partial charge in [0.25, 0.3) is 0 Å². The van der Waals surface area contributed by atoms with Crippen LogP contribution in [0.3, 0.4) is 0 Å². The Morgan fingerprint density at radius 2 is 1.87 bits per heavy atom. The van der Waals surface area contributed by atoms with Crippen molar-refractivity contribution >= 4 is 11.6 Å². The molecule has 1 aliphatic rings. The van der Waals surface area contributed by atoms with E-state index in [1.807, 2.05) is 37.3 Å². The topological polar surface area (TPSA) is 46.3 Å². The number of quaternary nitrogens is 1. The lowest BCUT2D eigenvalue weighted by atomic mass is 10.3. The smallest absolute Gasteiger partial charge is 0.264 e. The van der Waals surface area contributed by atoms with Crippen molar-refractivity contribution in [2.75, 3.05) is 12.1 Å². The van der Waals surface area contributed by atoms with E-state index in [1.165, 1.54) is 0 Å². The standard InChI is InChI=1S/C11H14N3O/c1-9-8-11(15)13(14(9,2)12)10-6-4-3-5-7-10/h3-8H,12H2,1-2H3/q+1. The van der Waals surface area contributed by atoms with Crippen LogP contribution in [0, 0.1) is 0 Å². The molecular formula is C11H14N3O+. The van der Waals surface area contributed by atoms with Crippen LogP contribution in [0.1, 0.15) is 6.92 Å². The van der Waals surface area contributed by atoms with Gasteiger partial charge in [-0.05, 0) is 12.1 Å². The first-order chi connectivity index (χ1) is 7.03. The number of allylic oxidation sites excluding steroid dienone is 1. The number of carbonyl (C=O) groups is 1. The van der Waals surface area contributed by atoms with Crippen molar-refractivity contribution in [3.05, 3.63) is 42.1 Å². The molecule has 15 heavy (non-hydrogen) atoms. The third kappa shape index (κ3) is 1.44. The first-order valence-corrected chi connectivity index (χ1v) is 4.77. The van der Waals surface area contributed by atoms with E-state index in [2.05, 4.69) is 0 Å². The van der Waals surface area contributed by atoms with Crippen molar-refractivity contribution in [3.8, 4) is 0 Å². The maximum absolute atomic E-state index is 11.8. The minimum Gasteiger partial charge on any atom is -0.264 e. The molecule has 0 spiro atoms. The maximum atomic E-state index is 11.8. The monoisotopic (exact) mass is 204 g/mol. The van der Waals surface area contributed by atoms with E-state index in [9.17, 15) is 4.79 Å². The predicted octanol–water partition coefficient (Wildman–Crippen LogP) is 1.17. The normalized spacial score (nSPS) is 25.7. The van der Waals surface area contributed by atoms with E-state index in [-0.39, 0.29) is 10.6 Å². The van der Waals surface area contributed by atoms with Crippen LogP contribution >= 0.6 is 0 Å². The molecule has 0 bridgehead atoms. The number of nitrogens with zero attached hydrogens (tertiary/aromatic N) is 2. The number of nitrogens with two attached hydrogens (primary N) is 1. The fourth-order valence-electron chi connectivity index (χ4n) is 1.67. The number of anilines is 1. The van der Waals surface area contributed by atoms with Gasteiger partial charge in [-0.1, -0.05) is 18.2 Å². The van der Waals surface area contributed by atoms with Crippen LogP contribution in [0.25, 0.3) is 0 Å². The minimum atomic E-state index is -0.0799. The molecule has 1 heterocycles. The van der Waals surface area contributed by atoms with E-state index in [4.69, 9.17) is 5.84 Å². The van der Waals surface area contributed by atoms with Gasteiger partial charge >= 0.3 is 5.91 Å². The highest BCUT2D eigenvalue weighted by molar-refractivity contribution is 6.01. The van der Waals surface area contributed by atoms with Gasteiger partial charge in [0.15, 0.2) is 5.70 Å². The van der Waals surface area contributed by atoms with Gasteiger partial charge < -0.3 is 0 Å². The maximum Gasteiger partial charge on any atom is 0.304 e. The van der Waals surface area contributed by atoms with E-state index in [0.717, 1.165) is 11.4 Å². The zero-order chi connectivity index (χ0) is 11.1. The van der Waals surface area contributed by atoms with Crippen molar-refractivity contribution in [1.29, 1.82) is 0 Å². The zero-order valence-electron chi connectivity index (χ0n) is 8.84.